The monoisotopic (exact) mass is 392 g/mol. The first-order valence-corrected chi connectivity index (χ1v) is 8.98. The molecule has 142 valence electrons. The van der Waals surface area contributed by atoms with Gasteiger partial charge in [0, 0.05) is 11.9 Å². The van der Waals surface area contributed by atoms with E-state index in [1.807, 2.05) is 54.7 Å². The molecule has 7 nitrogen and oxygen atoms in total. The zero-order valence-corrected chi connectivity index (χ0v) is 16.1. The topological polar surface area (TPSA) is 76.4 Å². The van der Waals surface area contributed by atoms with Gasteiger partial charge in [-0.2, -0.15) is 5.10 Å². The second-order valence-electron chi connectivity index (χ2n) is 5.76. The van der Waals surface area contributed by atoms with Gasteiger partial charge in [0.2, 0.25) is 0 Å². The quantitative estimate of drug-likeness (QED) is 0.365. The van der Waals surface area contributed by atoms with Gasteiger partial charge in [-0.25, -0.2) is 4.68 Å². The average molecular weight is 392 g/mol. The molecule has 8 heteroatoms. The predicted octanol–water partition coefficient (Wildman–Crippen LogP) is 3.32. The fraction of sp³-hybridized carbons (Fsp3) is 0.100. The Hall–Kier alpha value is -3.52. The lowest BCUT2D eigenvalue weighted by Crippen LogP contribution is -2.23. The van der Waals surface area contributed by atoms with E-state index in [9.17, 15) is 0 Å². The first-order valence-electron chi connectivity index (χ1n) is 8.58. The average Bonchev–Trinajstić information content (AvgIpc) is 3.16. The number of nitrogens with zero attached hydrogens (tertiary/aromatic N) is 4. The molecule has 0 aliphatic heterocycles. The maximum absolute atomic E-state index is 5.19. The lowest BCUT2D eigenvalue weighted by atomic mass is 10.2. The SMILES string of the molecule is COc1ccc(NC(=S)N/N=C/C=C/c2cn(Cc3ccccc3)nn2)cc1. The largest absolute Gasteiger partial charge is 0.497 e. The van der Waals surface area contributed by atoms with Crippen LogP contribution in [-0.2, 0) is 6.54 Å². The molecule has 1 aromatic heterocycles. The van der Waals surface area contributed by atoms with Crippen LogP contribution in [0.1, 0.15) is 11.3 Å². The fourth-order valence-electron chi connectivity index (χ4n) is 2.35. The molecule has 0 unspecified atom stereocenters. The van der Waals surface area contributed by atoms with Gasteiger partial charge >= 0.3 is 0 Å². The van der Waals surface area contributed by atoms with Crippen LogP contribution in [0.15, 0.2) is 72.0 Å². The van der Waals surface area contributed by atoms with Crippen LogP contribution in [0.4, 0.5) is 5.69 Å². The minimum Gasteiger partial charge on any atom is -0.497 e. The smallest absolute Gasteiger partial charge is 0.191 e. The Bertz CT molecular complexity index is 950. The molecule has 0 radical (unpaired) electrons. The van der Waals surface area contributed by atoms with E-state index in [4.69, 9.17) is 17.0 Å². The van der Waals surface area contributed by atoms with Crippen molar-refractivity contribution in [1.82, 2.24) is 20.4 Å². The van der Waals surface area contributed by atoms with Crippen LogP contribution in [0.25, 0.3) is 6.08 Å². The van der Waals surface area contributed by atoms with Gasteiger partial charge < -0.3 is 10.1 Å². The van der Waals surface area contributed by atoms with E-state index in [2.05, 4.69) is 38.3 Å². The van der Waals surface area contributed by atoms with Crippen LogP contribution >= 0.6 is 12.2 Å². The molecular weight excluding hydrogens is 372 g/mol. The maximum Gasteiger partial charge on any atom is 0.191 e. The highest BCUT2D eigenvalue weighted by Crippen LogP contribution is 2.14. The molecule has 2 aromatic carbocycles. The van der Waals surface area contributed by atoms with Crippen LogP contribution in [0.5, 0.6) is 5.75 Å². The summed E-state index contributed by atoms with van der Waals surface area (Å²) in [4.78, 5) is 0. The van der Waals surface area contributed by atoms with E-state index in [-0.39, 0.29) is 0 Å². The minimum absolute atomic E-state index is 0.392. The predicted molar refractivity (Wildman–Crippen MR) is 115 cm³/mol. The van der Waals surface area contributed by atoms with Crippen molar-refractivity contribution < 1.29 is 4.74 Å². The molecule has 0 amide bonds. The van der Waals surface area contributed by atoms with Crippen molar-refractivity contribution in [3.05, 3.63) is 78.1 Å². The molecule has 0 bridgehead atoms. The van der Waals surface area contributed by atoms with Crippen LogP contribution < -0.4 is 15.5 Å². The van der Waals surface area contributed by atoms with Gasteiger partial charge in [-0.3, -0.25) is 5.43 Å². The summed E-state index contributed by atoms with van der Waals surface area (Å²) >= 11 is 5.19. The number of rotatable bonds is 7. The third-order valence-electron chi connectivity index (χ3n) is 3.69. The Kier molecular flexibility index (Phi) is 6.86. The van der Waals surface area contributed by atoms with E-state index < -0.39 is 0 Å². The van der Waals surface area contributed by atoms with E-state index in [1.54, 1.807) is 24.1 Å². The fourth-order valence-corrected chi connectivity index (χ4v) is 2.52. The van der Waals surface area contributed by atoms with Gasteiger partial charge in [-0.05, 0) is 54.2 Å². The molecule has 1 heterocycles. The van der Waals surface area contributed by atoms with Crippen LogP contribution in [0.2, 0.25) is 0 Å². The summed E-state index contributed by atoms with van der Waals surface area (Å²) in [7, 11) is 1.63. The lowest BCUT2D eigenvalue weighted by Gasteiger charge is -2.07. The zero-order chi connectivity index (χ0) is 19.6. The van der Waals surface area contributed by atoms with Crippen molar-refractivity contribution in [2.75, 3.05) is 12.4 Å². The zero-order valence-electron chi connectivity index (χ0n) is 15.3. The molecule has 3 aromatic rings. The summed E-state index contributed by atoms with van der Waals surface area (Å²) in [6.07, 6.45) is 7.05. The van der Waals surface area contributed by atoms with Crippen LogP contribution in [-0.4, -0.2) is 33.4 Å². The molecule has 0 saturated heterocycles. The summed E-state index contributed by atoms with van der Waals surface area (Å²) in [5, 5.41) is 15.7. The Balaban J connectivity index is 1.43. The molecule has 28 heavy (non-hydrogen) atoms. The van der Waals surface area contributed by atoms with Gasteiger partial charge in [-0.1, -0.05) is 35.5 Å². The van der Waals surface area contributed by atoms with Crippen molar-refractivity contribution in [2.45, 2.75) is 6.54 Å². The first kappa shape index (κ1) is 19.2. The van der Waals surface area contributed by atoms with E-state index in [1.165, 1.54) is 5.56 Å². The summed E-state index contributed by atoms with van der Waals surface area (Å²) < 4.78 is 6.91. The van der Waals surface area contributed by atoms with E-state index in [0.717, 1.165) is 17.1 Å². The summed E-state index contributed by atoms with van der Waals surface area (Å²) in [6, 6.07) is 17.5. The highest BCUT2D eigenvalue weighted by Gasteiger charge is 1.98. The second kappa shape index (κ2) is 9.98. The van der Waals surface area contributed by atoms with Gasteiger partial charge in [0.25, 0.3) is 0 Å². The van der Waals surface area contributed by atoms with Crippen molar-refractivity contribution in [1.29, 1.82) is 0 Å². The number of ether oxygens (including phenoxy) is 1. The second-order valence-corrected chi connectivity index (χ2v) is 6.17. The number of hydrogen-bond acceptors (Lipinski definition) is 5. The van der Waals surface area contributed by atoms with Gasteiger partial charge in [0.05, 0.1) is 19.9 Å². The number of allylic oxidation sites excluding steroid dienone is 1. The Morgan fingerprint density at radius 2 is 1.96 bits per heavy atom. The standard InChI is InChI=1S/C20H20N6OS/c1-27-19-11-9-17(10-12-19)22-20(28)24-21-13-5-8-18-15-26(25-23-18)14-16-6-3-2-4-7-16/h2-13,15H,14H2,1H3,(H2,22,24,28)/b8-5+,21-13+. The number of hydrazone groups is 1. The molecule has 0 atom stereocenters. The Morgan fingerprint density at radius 1 is 1.18 bits per heavy atom. The number of nitrogens with one attached hydrogen (secondary N) is 2. The van der Waals surface area contributed by atoms with Crippen molar-refractivity contribution in [3.8, 4) is 5.75 Å². The summed E-state index contributed by atoms with van der Waals surface area (Å²) in [5.41, 5.74) is 5.52. The first-order chi connectivity index (χ1) is 13.7. The molecule has 0 aliphatic carbocycles. The van der Waals surface area contributed by atoms with E-state index >= 15 is 0 Å². The molecule has 0 fully saturated rings. The van der Waals surface area contributed by atoms with Crippen LogP contribution in [0, 0.1) is 0 Å². The van der Waals surface area contributed by atoms with Crippen molar-refractivity contribution in [2.24, 2.45) is 5.10 Å². The number of benzene rings is 2. The molecule has 0 aliphatic rings. The van der Waals surface area contributed by atoms with Gasteiger partial charge in [0.15, 0.2) is 5.11 Å². The number of aromatic nitrogens is 3. The lowest BCUT2D eigenvalue weighted by molar-refractivity contribution is 0.415. The van der Waals surface area contributed by atoms with Gasteiger partial charge in [0.1, 0.15) is 11.4 Å². The number of anilines is 1. The highest BCUT2D eigenvalue weighted by molar-refractivity contribution is 7.80. The summed E-state index contributed by atoms with van der Waals surface area (Å²) in [5.74, 6) is 0.785. The maximum atomic E-state index is 5.19. The third kappa shape index (κ3) is 6.03. The molecule has 0 saturated carbocycles. The number of thiocarbonyl (C=S) groups is 1. The number of methoxy groups -OCH3 is 1. The Morgan fingerprint density at radius 3 is 2.71 bits per heavy atom. The highest BCUT2D eigenvalue weighted by atomic mass is 32.1. The molecular formula is C20H20N6OS. The summed E-state index contributed by atoms with van der Waals surface area (Å²) in [6.45, 7) is 0.683. The minimum atomic E-state index is 0.392. The van der Waals surface area contributed by atoms with E-state index in [0.29, 0.717) is 11.7 Å². The Labute approximate surface area is 168 Å². The number of hydrogen-bond donors (Lipinski definition) is 2. The molecule has 3 rings (SSSR count). The van der Waals surface area contributed by atoms with Crippen molar-refractivity contribution >= 4 is 35.3 Å². The molecule has 0 spiro atoms. The molecule has 2 N–H and O–H groups in total. The van der Waals surface area contributed by atoms with Crippen molar-refractivity contribution in [3.63, 3.8) is 0 Å². The third-order valence-corrected chi connectivity index (χ3v) is 3.88. The van der Waals surface area contributed by atoms with Crippen LogP contribution in [0.3, 0.4) is 0 Å². The normalized spacial score (nSPS) is 11.0. The van der Waals surface area contributed by atoms with Gasteiger partial charge in [-0.15, -0.1) is 5.10 Å².